The van der Waals surface area contributed by atoms with Crippen molar-refractivity contribution >= 4 is 5.97 Å². The van der Waals surface area contributed by atoms with Crippen LogP contribution in [0.1, 0.15) is 29.3 Å². The average Bonchev–Trinajstić information content (AvgIpc) is 2.43. The number of hydrogen-bond donors (Lipinski definition) is 1. The number of benzene rings is 1. The van der Waals surface area contributed by atoms with Crippen molar-refractivity contribution in [3.05, 3.63) is 35.1 Å². The van der Waals surface area contributed by atoms with E-state index < -0.39 is 5.97 Å². The van der Waals surface area contributed by atoms with Crippen LogP contribution in [0.15, 0.2) is 18.2 Å². The first-order valence-electron chi connectivity index (χ1n) is 6.78. The Hall–Kier alpha value is -1.46. The minimum Gasteiger partial charge on any atom is -0.478 e. The first kappa shape index (κ1) is 14.9. The van der Waals surface area contributed by atoms with Gasteiger partial charge < -0.3 is 9.84 Å². The number of methoxy groups -OCH3 is 1. The van der Waals surface area contributed by atoms with Crippen LogP contribution in [0.4, 0.5) is 4.39 Å². The third-order valence-electron chi connectivity index (χ3n) is 3.96. The van der Waals surface area contributed by atoms with E-state index in [0.29, 0.717) is 18.0 Å². The summed E-state index contributed by atoms with van der Waals surface area (Å²) in [5.41, 5.74) is 0.546. The highest BCUT2D eigenvalue weighted by Crippen LogP contribution is 2.22. The van der Waals surface area contributed by atoms with Crippen LogP contribution in [0.3, 0.4) is 0 Å². The van der Waals surface area contributed by atoms with E-state index in [0.717, 1.165) is 19.5 Å². The van der Waals surface area contributed by atoms with Gasteiger partial charge in [0.15, 0.2) is 0 Å². The first-order chi connectivity index (χ1) is 9.51. The molecule has 2 rings (SSSR count). The molecule has 0 radical (unpaired) electrons. The second-order valence-corrected chi connectivity index (χ2v) is 5.39. The van der Waals surface area contributed by atoms with Gasteiger partial charge in [0.25, 0.3) is 0 Å². The molecule has 2 atom stereocenters. The largest absolute Gasteiger partial charge is 0.478 e. The van der Waals surface area contributed by atoms with E-state index in [9.17, 15) is 9.18 Å². The molecule has 0 aromatic heterocycles. The normalized spacial score (nSPS) is 23.8. The summed E-state index contributed by atoms with van der Waals surface area (Å²) in [4.78, 5) is 13.1. The van der Waals surface area contributed by atoms with Gasteiger partial charge in [-0.25, -0.2) is 9.18 Å². The Balaban J connectivity index is 2.10. The molecule has 0 saturated carbocycles. The molecule has 1 saturated heterocycles. The van der Waals surface area contributed by atoms with Crippen molar-refractivity contribution in [1.29, 1.82) is 0 Å². The number of aromatic carboxylic acids is 1. The lowest BCUT2D eigenvalue weighted by atomic mass is 9.95. The van der Waals surface area contributed by atoms with E-state index in [-0.39, 0.29) is 17.5 Å². The van der Waals surface area contributed by atoms with Crippen LogP contribution in [-0.2, 0) is 11.3 Å². The van der Waals surface area contributed by atoms with Gasteiger partial charge in [0, 0.05) is 25.8 Å². The van der Waals surface area contributed by atoms with Gasteiger partial charge in [-0.15, -0.1) is 0 Å². The topological polar surface area (TPSA) is 49.8 Å². The highest BCUT2D eigenvalue weighted by Gasteiger charge is 2.26. The van der Waals surface area contributed by atoms with Gasteiger partial charge in [-0.1, -0.05) is 6.92 Å². The Morgan fingerprint density at radius 3 is 2.95 bits per heavy atom. The SMILES string of the molecule is COC1CN(Cc2cc(C(=O)O)ccc2F)CCC1C. The monoisotopic (exact) mass is 281 g/mol. The molecular weight excluding hydrogens is 261 g/mol. The smallest absolute Gasteiger partial charge is 0.335 e. The van der Waals surface area contributed by atoms with Crippen molar-refractivity contribution in [2.75, 3.05) is 20.2 Å². The minimum atomic E-state index is -1.03. The Labute approximate surface area is 118 Å². The number of halogens is 1. The molecule has 1 N–H and O–H groups in total. The third kappa shape index (κ3) is 3.35. The number of carbonyl (C=O) groups is 1. The summed E-state index contributed by atoms with van der Waals surface area (Å²) in [5, 5.41) is 8.96. The third-order valence-corrected chi connectivity index (χ3v) is 3.96. The van der Waals surface area contributed by atoms with Crippen LogP contribution in [0.5, 0.6) is 0 Å². The molecule has 4 nitrogen and oxygen atoms in total. The second-order valence-electron chi connectivity index (χ2n) is 5.39. The summed E-state index contributed by atoms with van der Waals surface area (Å²) >= 11 is 0. The Morgan fingerprint density at radius 1 is 1.55 bits per heavy atom. The molecule has 110 valence electrons. The molecule has 0 aliphatic carbocycles. The molecule has 2 unspecified atom stereocenters. The van der Waals surface area contributed by atoms with Crippen LogP contribution in [0.2, 0.25) is 0 Å². The van der Waals surface area contributed by atoms with Gasteiger partial charge in [-0.2, -0.15) is 0 Å². The molecule has 20 heavy (non-hydrogen) atoms. The van der Waals surface area contributed by atoms with Gasteiger partial charge in [0.05, 0.1) is 11.7 Å². The van der Waals surface area contributed by atoms with E-state index in [1.54, 1.807) is 7.11 Å². The fraction of sp³-hybridized carbons (Fsp3) is 0.533. The molecular formula is C15H20FNO3. The van der Waals surface area contributed by atoms with Crippen molar-refractivity contribution < 1.29 is 19.0 Å². The molecule has 5 heteroatoms. The maximum absolute atomic E-state index is 13.8. The summed E-state index contributed by atoms with van der Waals surface area (Å²) < 4.78 is 19.2. The second kappa shape index (κ2) is 6.33. The fourth-order valence-corrected chi connectivity index (χ4v) is 2.62. The zero-order valence-corrected chi connectivity index (χ0v) is 11.8. The van der Waals surface area contributed by atoms with Crippen LogP contribution in [0, 0.1) is 11.7 Å². The van der Waals surface area contributed by atoms with E-state index in [2.05, 4.69) is 11.8 Å². The number of piperidine rings is 1. The van der Waals surface area contributed by atoms with Gasteiger partial charge in [-0.3, -0.25) is 4.90 Å². The molecule has 1 aliphatic heterocycles. The van der Waals surface area contributed by atoms with Gasteiger partial charge in [-0.05, 0) is 37.1 Å². The van der Waals surface area contributed by atoms with Crippen molar-refractivity contribution in [2.24, 2.45) is 5.92 Å². The predicted molar refractivity (Wildman–Crippen MR) is 73.2 cm³/mol. The van der Waals surface area contributed by atoms with Crippen molar-refractivity contribution in [3.8, 4) is 0 Å². The molecule has 0 amide bonds. The maximum Gasteiger partial charge on any atom is 0.335 e. The first-order valence-corrected chi connectivity index (χ1v) is 6.78. The zero-order valence-electron chi connectivity index (χ0n) is 11.8. The number of hydrogen-bond acceptors (Lipinski definition) is 3. The van der Waals surface area contributed by atoms with E-state index in [4.69, 9.17) is 9.84 Å². The number of ether oxygens (including phenoxy) is 1. The van der Waals surface area contributed by atoms with E-state index in [1.165, 1.54) is 18.2 Å². The lowest BCUT2D eigenvalue weighted by molar-refractivity contribution is -0.00773. The standard InChI is InChI=1S/C15H20FNO3/c1-10-5-6-17(9-14(10)20-2)8-12-7-11(15(18)19)3-4-13(12)16/h3-4,7,10,14H,5-6,8-9H2,1-2H3,(H,18,19). The molecule has 1 fully saturated rings. The average molecular weight is 281 g/mol. The summed E-state index contributed by atoms with van der Waals surface area (Å²) in [6, 6.07) is 3.92. The summed E-state index contributed by atoms with van der Waals surface area (Å²) in [7, 11) is 1.69. The molecule has 0 bridgehead atoms. The number of nitrogens with zero attached hydrogens (tertiary/aromatic N) is 1. The molecule has 1 aromatic rings. The number of carboxylic acid groups (broad SMARTS) is 1. The summed E-state index contributed by atoms with van der Waals surface area (Å²) in [6.07, 6.45) is 1.15. The Kier molecular flexibility index (Phi) is 4.73. The highest BCUT2D eigenvalue weighted by atomic mass is 19.1. The lowest BCUT2D eigenvalue weighted by Gasteiger charge is -2.36. The van der Waals surface area contributed by atoms with Crippen LogP contribution in [0.25, 0.3) is 0 Å². The molecule has 1 aliphatic rings. The molecule has 0 spiro atoms. The number of rotatable bonds is 4. The van der Waals surface area contributed by atoms with Gasteiger partial charge in [0.2, 0.25) is 0 Å². The predicted octanol–water partition coefficient (Wildman–Crippen LogP) is 2.38. The van der Waals surface area contributed by atoms with Crippen LogP contribution in [-0.4, -0.2) is 42.3 Å². The molecule has 1 heterocycles. The van der Waals surface area contributed by atoms with Crippen LogP contribution >= 0.6 is 0 Å². The van der Waals surface area contributed by atoms with Crippen molar-refractivity contribution in [1.82, 2.24) is 4.90 Å². The van der Waals surface area contributed by atoms with Crippen molar-refractivity contribution in [3.63, 3.8) is 0 Å². The van der Waals surface area contributed by atoms with Gasteiger partial charge in [0.1, 0.15) is 5.82 Å². The number of carboxylic acids is 1. The summed E-state index contributed by atoms with van der Waals surface area (Å²) in [5.74, 6) is -0.901. The lowest BCUT2D eigenvalue weighted by Crippen LogP contribution is -2.43. The zero-order chi connectivity index (χ0) is 14.7. The van der Waals surface area contributed by atoms with E-state index in [1.807, 2.05) is 0 Å². The van der Waals surface area contributed by atoms with Gasteiger partial charge >= 0.3 is 5.97 Å². The van der Waals surface area contributed by atoms with Crippen LogP contribution < -0.4 is 0 Å². The van der Waals surface area contributed by atoms with E-state index >= 15 is 0 Å². The Bertz CT molecular complexity index is 492. The quantitative estimate of drug-likeness (QED) is 0.920. The van der Waals surface area contributed by atoms with Crippen molar-refractivity contribution in [2.45, 2.75) is 26.0 Å². The highest BCUT2D eigenvalue weighted by molar-refractivity contribution is 5.87. The molecule has 1 aromatic carbocycles. The Morgan fingerprint density at radius 2 is 2.30 bits per heavy atom. The minimum absolute atomic E-state index is 0.120. The maximum atomic E-state index is 13.8. The summed E-state index contributed by atoms with van der Waals surface area (Å²) in [6.45, 7) is 4.18. The number of likely N-dealkylation sites (tertiary alicyclic amines) is 1. The fourth-order valence-electron chi connectivity index (χ4n) is 2.62.